The van der Waals surface area contributed by atoms with Gasteiger partial charge >= 0.3 is 0 Å². The molecule has 2 heterocycles. The normalized spacial score (nSPS) is 26.0. The minimum Gasteiger partial charge on any atom is -0.409 e. The molecule has 0 aromatic rings. The Labute approximate surface area is 124 Å². The number of hydrogen-bond acceptors (Lipinski definition) is 5. The van der Waals surface area contributed by atoms with Crippen LogP contribution in [0.15, 0.2) is 5.16 Å². The smallest absolute Gasteiger partial charge is 0.226 e. The molecule has 2 saturated heterocycles. The Morgan fingerprint density at radius 3 is 2.50 bits per heavy atom. The Morgan fingerprint density at radius 2 is 2.00 bits per heavy atom. The Balaban J connectivity index is 1.90. The average molecular weight is 300 g/mol. The second kappa shape index (κ2) is 6.22. The molecule has 6 nitrogen and oxygen atoms in total. The second-order valence-corrected chi connectivity index (χ2v) is 7.07. The van der Waals surface area contributed by atoms with E-state index in [1.54, 1.807) is 0 Å². The van der Waals surface area contributed by atoms with Crippen molar-refractivity contribution in [3.05, 3.63) is 0 Å². The summed E-state index contributed by atoms with van der Waals surface area (Å²) in [7, 11) is 0. The van der Waals surface area contributed by atoms with Gasteiger partial charge in [0.1, 0.15) is 0 Å². The third kappa shape index (κ3) is 3.03. The van der Waals surface area contributed by atoms with Gasteiger partial charge in [-0.05, 0) is 26.0 Å². The number of oxime groups is 1. The highest BCUT2D eigenvalue weighted by Crippen LogP contribution is 2.26. The molecular weight excluding hydrogens is 276 g/mol. The van der Waals surface area contributed by atoms with Gasteiger partial charge in [0.15, 0.2) is 5.84 Å². The molecule has 7 heteroatoms. The summed E-state index contributed by atoms with van der Waals surface area (Å²) in [5, 5.41) is 12.0. The summed E-state index contributed by atoms with van der Waals surface area (Å²) in [6.45, 7) is 6.84. The van der Waals surface area contributed by atoms with E-state index >= 15 is 0 Å². The molecule has 1 amide bonds. The summed E-state index contributed by atoms with van der Waals surface area (Å²) in [5.74, 6) is 2.80. The van der Waals surface area contributed by atoms with Crippen molar-refractivity contribution in [1.82, 2.24) is 9.80 Å². The van der Waals surface area contributed by atoms with E-state index < -0.39 is 5.54 Å². The Hall–Kier alpha value is -0.950. The summed E-state index contributed by atoms with van der Waals surface area (Å²) in [6, 6.07) is 0. The van der Waals surface area contributed by atoms with Crippen molar-refractivity contribution in [3.63, 3.8) is 0 Å². The Bertz CT molecular complexity index is 386. The molecule has 0 aromatic heterocycles. The molecule has 2 rings (SSSR count). The number of thioether (sulfide) groups is 1. The topological polar surface area (TPSA) is 82.2 Å². The van der Waals surface area contributed by atoms with Gasteiger partial charge in [-0.25, -0.2) is 0 Å². The first kappa shape index (κ1) is 15.4. The van der Waals surface area contributed by atoms with Gasteiger partial charge in [0.2, 0.25) is 5.91 Å². The van der Waals surface area contributed by atoms with Crippen molar-refractivity contribution in [2.45, 2.75) is 25.8 Å². The lowest BCUT2D eigenvalue weighted by molar-refractivity contribution is -0.137. The van der Waals surface area contributed by atoms with Crippen LogP contribution in [0.5, 0.6) is 0 Å². The molecule has 114 valence electrons. The van der Waals surface area contributed by atoms with Gasteiger partial charge in [-0.2, -0.15) is 11.8 Å². The van der Waals surface area contributed by atoms with Crippen LogP contribution in [0.1, 0.15) is 20.3 Å². The van der Waals surface area contributed by atoms with Crippen molar-refractivity contribution >= 4 is 23.5 Å². The maximum Gasteiger partial charge on any atom is 0.226 e. The Kier molecular flexibility index (Phi) is 4.80. The van der Waals surface area contributed by atoms with E-state index in [1.807, 2.05) is 30.5 Å². The van der Waals surface area contributed by atoms with Crippen LogP contribution in [0.2, 0.25) is 0 Å². The minimum atomic E-state index is -0.479. The van der Waals surface area contributed by atoms with Gasteiger partial charge in [0.05, 0.1) is 5.54 Å². The van der Waals surface area contributed by atoms with E-state index in [-0.39, 0.29) is 11.8 Å². The van der Waals surface area contributed by atoms with E-state index in [4.69, 9.17) is 10.9 Å². The van der Waals surface area contributed by atoms with Crippen LogP contribution in [0.25, 0.3) is 0 Å². The van der Waals surface area contributed by atoms with Gasteiger partial charge in [-0.3, -0.25) is 9.69 Å². The van der Waals surface area contributed by atoms with E-state index in [9.17, 15) is 4.79 Å². The highest BCUT2D eigenvalue weighted by atomic mass is 32.2. The van der Waals surface area contributed by atoms with E-state index in [0.717, 1.165) is 44.1 Å². The summed E-state index contributed by atoms with van der Waals surface area (Å²) in [4.78, 5) is 16.5. The summed E-state index contributed by atoms with van der Waals surface area (Å²) < 4.78 is 0. The predicted molar refractivity (Wildman–Crippen MR) is 81.1 cm³/mol. The first-order valence-corrected chi connectivity index (χ1v) is 8.22. The first-order chi connectivity index (χ1) is 9.46. The molecule has 20 heavy (non-hydrogen) atoms. The zero-order valence-corrected chi connectivity index (χ0v) is 13.0. The molecule has 0 radical (unpaired) electrons. The lowest BCUT2D eigenvalue weighted by atomic mass is 9.99. The Morgan fingerprint density at radius 1 is 1.35 bits per heavy atom. The number of amidine groups is 1. The molecule has 0 aromatic carbocycles. The third-order valence-electron chi connectivity index (χ3n) is 4.40. The highest BCUT2D eigenvalue weighted by molar-refractivity contribution is 7.99. The second-order valence-electron chi connectivity index (χ2n) is 5.92. The molecule has 0 saturated carbocycles. The van der Waals surface area contributed by atoms with Gasteiger partial charge < -0.3 is 15.8 Å². The van der Waals surface area contributed by atoms with Crippen LogP contribution in [0, 0.1) is 5.92 Å². The maximum absolute atomic E-state index is 12.4. The van der Waals surface area contributed by atoms with E-state index in [2.05, 4.69) is 10.1 Å². The monoisotopic (exact) mass is 300 g/mol. The number of carbonyl (C=O) groups is 1. The number of rotatable bonds is 3. The van der Waals surface area contributed by atoms with Crippen molar-refractivity contribution in [1.29, 1.82) is 0 Å². The largest absolute Gasteiger partial charge is 0.409 e. The van der Waals surface area contributed by atoms with Crippen molar-refractivity contribution < 1.29 is 10.0 Å². The number of carbonyl (C=O) groups excluding carboxylic acids is 1. The maximum atomic E-state index is 12.4. The quantitative estimate of drug-likeness (QED) is 0.341. The van der Waals surface area contributed by atoms with Crippen LogP contribution < -0.4 is 5.73 Å². The average Bonchev–Trinajstić information content (AvgIpc) is 2.99. The van der Waals surface area contributed by atoms with Gasteiger partial charge in [0.25, 0.3) is 0 Å². The number of hydrogen-bond donors (Lipinski definition) is 2. The fourth-order valence-electron chi connectivity index (χ4n) is 2.76. The third-order valence-corrected chi connectivity index (χ3v) is 5.56. The predicted octanol–water partition coefficient (Wildman–Crippen LogP) is 0.409. The molecular formula is C13H24N4O2S. The van der Waals surface area contributed by atoms with E-state index in [1.165, 1.54) is 0 Å². The minimum absolute atomic E-state index is 0.212. The number of nitrogens with two attached hydrogens (primary N) is 1. The van der Waals surface area contributed by atoms with Crippen LogP contribution in [-0.2, 0) is 4.79 Å². The SMILES string of the molecule is CC(C)(C(N)=NO)N1CCN(C(=O)C2CCSC2)CC1. The first-order valence-electron chi connectivity index (χ1n) is 7.06. The molecule has 2 fully saturated rings. The molecule has 3 N–H and O–H groups in total. The number of amides is 1. The number of piperazine rings is 1. The molecule has 2 aliphatic rings. The van der Waals surface area contributed by atoms with Crippen LogP contribution in [0.3, 0.4) is 0 Å². The van der Waals surface area contributed by atoms with Crippen LogP contribution >= 0.6 is 11.8 Å². The van der Waals surface area contributed by atoms with E-state index in [0.29, 0.717) is 5.91 Å². The molecule has 2 aliphatic heterocycles. The zero-order valence-electron chi connectivity index (χ0n) is 12.2. The van der Waals surface area contributed by atoms with Crippen molar-refractivity contribution in [2.24, 2.45) is 16.8 Å². The fourth-order valence-corrected chi connectivity index (χ4v) is 3.97. The van der Waals surface area contributed by atoms with Gasteiger partial charge in [-0.15, -0.1) is 0 Å². The van der Waals surface area contributed by atoms with Crippen LogP contribution in [0.4, 0.5) is 0 Å². The summed E-state index contributed by atoms with van der Waals surface area (Å²) >= 11 is 1.87. The molecule has 0 aliphatic carbocycles. The summed E-state index contributed by atoms with van der Waals surface area (Å²) in [6.07, 6.45) is 1.01. The van der Waals surface area contributed by atoms with Crippen LogP contribution in [-0.4, -0.2) is 70.0 Å². The van der Waals surface area contributed by atoms with Gasteiger partial charge in [0, 0.05) is 37.8 Å². The molecule has 1 atom stereocenters. The standard InChI is InChI=1S/C13H24N4O2S/c1-13(2,12(14)15-19)17-6-4-16(5-7-17)11(18)10-3-8-20-9-10/h10,19H,3-9H2,1-2H3,(H2,14,15). The van der Waals surface area contributed by atoms with Gasteiger partial charge in [-0.1, -0.05) is 5.16 Å². The fraction of sp³-hybridized carbons (Fsp3) is 0.846. The summed E-state index contributed by atoms with van der Waals surface area (Å²) in [5.41, 5.74) is 5.27. The molecule has 0 bridgehead atoms. The van der Waals surface area contributed by atoms with Crippen molar-refractivity contribution in [3.8, 4) is 0 Å². The lowest BCUT2D eigenvalue weighted by Crippen LogP contribution is -2.60. The lowest BCUT2D eigenvalue weighted by Gasteiger charge is -2.43. The number of nitrogens with zero attached hydrogens (tertiary/aromatic N) is 3. The zero-order chi connectivity index (χ0) is 14.8. The van der Waals surface area contributed by atoms with Crippen molar-refractivity contribution in [2.75, 3.05) is 37.7 Å². The molecule has 0 spiro atoms. The molecule has 1 unspecified atom stereocenters. The highest BCUT2D eigenvalue weighted by Gasteiger charge is 2.36.